The van der Waals surface area contributed by atoms with Crippen LogP contribution in [0.4, 0.5) is 4.39 Å². The first-order valence-corrected chi connectivity index (χ1v) is 6.23. The Labute approximate surface area is 113 Å². The number of rotatable bonds is 3. The second kappa shape index (κ2) is 5.50. The maximum atomic E-state index is 13.4. The highest BCUT2D eigenvalue weighted by Gasteiger charge is 2.04. The Balaban J connectivity index is 2.23. The zero-order chi connectivity index (χ0) is 13.1. The smallest absolute Gasteiger partial charge is 0.130 e. The van der Waals surface area contributed by atoms with Crippen LogP contribution in [-0.2, 0) is 6.61 Å². The molecule has 2 aromatic rings. The summed E-state index contributed by atoms with van der Waals surface area (Å²) in [7, 11) is 0. The molecule has 0 atom stereocenters. The molecule has 0 radical (unpaired) electrons. The van der Waals surface area contributed by atoms with E-state index >= 15 is 0 Å². The standard InChI is InChI=1S/C14H12BrFO2/c1-9-2-4-12(7-14(9)16)18-11-5-3-10(8-17)13(15)6-11/h2-7,17H,8H2,1H3. The summed E-state index contributed by atoms with van der Waals surface area (Å²) < 4.78 is 19.7. The van der Waals surface area contributed by atoms with Gasteiger partial charge >= 0.3 is 0 Å². The van der Waals surface area contributed by atoms with Crippen LogP contribution in [0.15, 0.2) is 40.9 Å². The van der Waals surface area contributed by atoms with Gasteiger partial charge < -0.3 is 9.84 Å². The Hall–Kier alpha value is -1.39. The molecule has 0 saturated carbocycles. The molecule has 0 aliphatic carbocycles. The lowest BCUT2D eigenvalue weighted by molar-refractivity contribution is 0.281. The average molecular weight is 311 g/mol. The van der Waals surface area contributed by atoms with Gasteiger partial charge in [0.2, 0.25) is 0 Å². The fourth-order valence-electron chi connectivity index (χ4n) is 1.49. The van der Waals surface area contributed by atoms with Crippen molar-refractivity contribution < 1.29 is 14.2 Å². The summed E-state index contributed by atoms with van der Waals surface area (Å²) in [5.74, 6) is 0.739. The lowest BCUT2D eigenvalue weighted by atomic mass is 10.2. The molecule has 0 spiro atoms. The third-order valence-electron chi connectivity index (χ3n) is 2.57. The van der Waals surface area contributed by atoms with E-state index in [9.17, 15) is 4.39 Å². The summed E-state index contributed by atoms with van der Waals surface area (Å²) in [6.07, 6.45) is 0. The molecule has 18 heavy (non-hydrogen) atoms. The van der Waals surface area contributed by atoms with E-state index in [0.717, 1.165) is 10.0 Å². The molecule has 2 rings (SSSR count). The van der Waals surface area contributed by atoms with Crippen LogP contribution in [0.1, 0.15) is 11.1 Å². The molecule has 2 nitrogen and oxygen atoms in total. The molecule has 0 fully saturated rings. The summed E-state index contributed by atoms with van der Waals surface area (Å²) in [4.78, 5) is 0. The Morgan fingerprint density at radius 1 is 1.17 bits per heavy atom. The number of hydrogen-bond acceptors (Lipinski definition) is 2. The van der Waals surface area contributed by atoms with Gasteiger partial charge in [-0.15, -0.1) is 0 Å². The predicted molar refractivity (Wildman–Crippen MR) is 71.3 cm³/mol. The van der Waals surface area contributed by atoms with Gasteiger partial charge in [0.25, 0.3) is 0 Å². The van der Waals surface area contributed by atoms with Crippen LogP contribution in [0.2, 0.25) is 0 Å². The SMILES string of the molecule is Cc1ccc(Oc2ccc(CO)c(Br)c2)cc1F. The number of aryl methyl sites for hydroxylation is 1. The molecular formula is C14H12BrFO2. The molecule has 0 unspecified atom stereocenters. The van der Waals surface area contributed by atoms with Gasteiger partial charge in [-0.05, 0) is 36.2 Å². The monoisotopic (exact) mass is 310 g/mol. The van der Waals surface area contributed by atoms with Crippen molar-refractivity contribution in [3.8, 4) is 11.5 Å². The average Bonchev–Trinajstić information content (AvgIpc) is 2.34. The van der Waals surface area contributed by atoms with Gasteiger partial charge in [0.1, 0.15) is 17.3 Å². The Kier molecular flexibility index (Phi) is 3.99. The first-order chi connectivity index (χ1) is 8.60. The number of benzene rings is 2. The van der Waals surface area contributed by atoms with Crippen molar-refractivity contribution in [2.75, 3.05) is 0 Å². The van der Waals surface area contributed by atoms with E-state index in [2.05, 4.69) is 15.9 Å². The van der Waals surface area contributed by atoms with Crippen LogP contribution in [0, 0.1) is 12.7 Å². The molecule has 0 aliphatic heterocycles. The van der Waals surface area contributed by atoms with E-state index in [4.69, 9.17) is 9.84 Å². The number of halogens is 2. The molecular weight excluding hydrogens is 299 g/mol. The molecule has 0 heterocycles. The quantitative estimate of drug-likeness (QED) is 0.921. The van der Waals surface area contributed by atoms with Gasteiger partial charge in [-0.25, -0.2) is 4.39 Å². The van der Waals surface area contributed by atoms with Crippen molar-refractivity contribution in [1.82, 2.24) is 0 Å². The van der Waals surface area contributed by atoms with Gasteiger partial charge in [0.15, 0.2) is 0 Å². The van der Waals surface area contributed by atoms with Crippen molar-refractivity contribution in [1.29, 1.82) is 0 Å². The second-order valence-corrected chi connectivity index (χ2v) is 4.78. The number of hydrogen-bond donors (Lipinski definition) is 1. The predicted octanol–water partition coefficient (Wildman–Crippen LogP) is 4.18. The minimum absolute atomic E-state index is 0.0416. The lowest BCUT2D eigenvalue weighted by Gasteiger charge is -2.08. The Morgan fingerprint density at radius 3 is 2.44 bits per heavy atom. The normalized spacial score (nSPS) is 10.4. The zero-order valence-electron chi connectivity index (χ0n) is 9.78. The van der Waals surface area contributed by atoms with Crippen molar-refractivity contribution >= 4 is 15.9 Å². The highest BCUT2D eigenvalue weighted by Crippen LogP contribution is 2.28. The van der Waals surface area contributed by atoms with Crippen LogP contribution in [0.25, 0.3) is 0 Å². The van der Waals surface area contributed by atoms with Crippen molar-refractivity contribution in [3.63, 3.8) is 0 Å². The molecule has 4 heteroatoms. The maximum absolute atomic E-state index is 13.4. The third kappa shape index (κ3) is 2.89. The topological polar surface area (TPSA) is 29.5 Å². The number of aliphatic hydroxyl groups is 1. The van der Waals surface area contributed by atoms with Crippen molar-refractivity contribution in [2.45, 2.75) is 13.5 Å². The molecule has 0 aliphatic rings. The van der Waals surface area contributed by atoms with Crippen molar-refractivity contribution in [3.05, 3.63) is 57.8 Å². The zero-order valence-corrected chi connectivity index (χ0v) is 11.4. The molecule has 0 aromatic heterocycles. The fraction of sp³-hybridized carbons (Fsp3) is 0.143. The van der Waals surface area contributed by atoms with Gasteiger partial charge in [-0.3, -0.25) is 0 Å². The van der Waals surface area contributed by atoms with E-state index in [0.29, 0.717) is 17.1 Å². The first-order valence-electron chi connectivity index (χ1n) is 5.43. The van der Waals surface area contributed by atoms with Gasteiger partial charge in [0, 0.05) is 10.5 Å². The van der Waals surface area contributed by atoms with Crippen LogP contribution in [0.5, 0.6) is 11.5 Å². The maximum Gasteiger partial charge on any atom is 0.130 e. The van der Waals surface area contributed by atoms with Crippen molar-refractivity contribution in [2.24, 2.45) is 0 Å². The van der Waals surface area contributed by atoms with E-state index < -0.39 is 0 Å². The van der Waals surface area contributed by atoms with E-state index in [1.807, 2.05) is 0 Å². The van der Waals surface area contributed by atoms with Gasteiger partial charge in [0.05, 0.1) is 6.61 Å². The van der Waals surface area contributed by atoms with Crippen LogP contribution in [-0.4, -0.2) is 5.11 Å². The minimum atomic E-state index is -0.293. The summed E-state index contributed by atoms with van der Waals surface area (Å²) in [6, 6.07) is 9.96. The first kappa shape index (κ1) is 13.1. The van der Waals surface area contributed by atoms with E-state index in [1.54, 1.807) is 37.3 Å². The molecule has 94 valence electrons. The third-order valence-corrected chi connectivity index (χ3v) is 3.31. The fourth-order valence-corrected chi connectivity index (χ4v) is 1.98. The van der Waals surface area contributed by atoms with E-state index in [-0.39, 0.29) is 12.4 Å². The summed E-state index contributed by atoms with van der Waals surface area (Å²) in [5, 5.41) is 9.05. The summed E-state index contributed by atoms with van der Waals surface area (Å²) in [5.41, 5.74) is 1.36. The van der Waals surface area contributed by atoms with Gasteiger partial charge in [-0.2, -0.15) is 0 Å². The highest BCUT2D eigenvalue weighted by atomic mass is 79.9. The Morgan fingerprint density at radius 2 is 1.83 bits per heavy atom. The van der Waals surface area contributed by atoms with Gasteiger partial charge in [-0.1, -0.05) is 28.1 Å². The van der Waals surface area contributed by atoms with Crippen LogP contribution >= 0.6 is 15.9 Å². The Bertz CT molecular complexity index is 570. The molecule has 2 aromatic carbocycles. The largest absolute Gasteiger partial charge is 0.457 e. The molecule has 0 saturated heterocycles. The summed E-state index contributed by atoms with van der Waals surface area (Å²) in [6.45, 7) is 1.66. The molecule has 0 amide bonds. The molecule has 0 bridgehead atoms. The molecule has 1 N–H and O–H groups in total. The lowest BCUT2D eigenvalue weighted by Crippen LogP contribution is -1.90. The minimum Gasteiger partial charge on any atom is -0.457 e. The summed E-state index contributed by atoms with van der Waals surface area (Å²) >= 11 is 3.33. The van der Waals surface area contributed by atoms with Crippen LogP contribution in [0.3, 0.4) is 0 Å². The van der Waals surface area contributed by atoms with E-state index in [1.165, 1.54) is 6.07 Å². The second-order valence-electron chi connectivity index (χ2n) is 3.92. The number of aliphatic hydroxyl groups excluding tert-OH is 1. The number of ether oxygens (including phenoxy) is 1. The highest BCUT2D eigenvalue weighted by molar-refractivity contribution is 9.10. The van der Waals surface area contributed by atoms with Crippen LogP contribution < -0.4 is 4.74 Å².